The maximum atomic E-state index is 9.21. The van der Waals surface area contributed by atoms with Gasteiger partial charge < -0.3 is 0 Å². The predicted molar refractivity (Wildman–Crippen MR) is 60.3 cm³/mol. The molecular formula is C13H13N3. The molecule has 0 bridgehead atoms. The van der Waals surface area contributed by atoms with Gasteiger partial charge in [-0.25, -0.2) is 0 Å². The molecule has 0 radical (unpaired) electrons. The number of hydrogen-bond acceptors (Lipinski definition) is 3. The quantitative estimate of drug-likeness (QED) is 0.753. The highest BCUT2D eigenvalue weighted by molar-refractivity contribution is 5.34. The molecule has 1 unspecified atom stereocenters. The average Bonchev–Trinajstić information content (AvgIpc) is 2.85. The second-order valence-electron chi connectivity index (χ2n) is 4.01. The van der Waals surface area contributed by atoms with Crippen molar-refractivity contribution in [3.63, 3.8) is 0 Å². The summed E-state index contributed by atoms with van der Waals surface area (Å²) in [6, 6.07) is 11.6. The summed E-state index contributed by atoms with van der Waals surface area (Å²) in [6.45, 7) is 2.00. The Hall–Kier alpha value is -1.84. The summed E-state index contributed by atoms with van der Waals surface area (Å²) in [5.74, 6) is 0. The Morgan fingerprint density at radius 1 is 1.06 bits per heavy atom. The van der Waals surface area contributed by atoms with Crippen molar-refractivity contribution in [3.05, 3.63) is 35.4 Å². The van der Waals surface area contributed by atoms with Crippen LogP contribution in [0.2, 0.25) is 0 Å². The van der Waals surface area contributed by atoms with E-state index >= 15 is 0 Å². The summed E-state index contributed by atoms with van der Waals surface area (Å²) in [5, 5.41) is 17.9. The van der Waals surface area contributed by atoms with Gasteiger partial charge >= 0.3 is 0 Å². The van der Waals surface area contributed by atoms with E-state index < -0.39 is 0 Å². The highest BCUT2D eigenvalue weighted by Crippen LogP contribution is 2.24. The lowest BCUT2D eigenvalue weighted by molar-refractivity contribution is 0.294. The molecule has 3 heteroatoms. The molecule has 1 heterocycles. The van der Waals surface area contributed by atoms with Gasteiger partial charge in [0, 0.05) is 0 Å². The van der Waals surface area contributed by atoms with Crippen LogP contribution in [0.1, 0.15) is 30.0 Å². The van der Waals surface area contributed by atoms with Crippen LogP contribution in [0.15, 0.2) is 24.3 Å². The maximum absolute atomic E-state index is 9.21. The van der Waals surface area contributed by atoms with E-state index in [9.17, 15) is 5.26 Å². The molecule has 0 aromatic heterocycles. The highest BCUT2D eigenvalue weighted by Gasteiger charge is 2.22. The van der Waals surface area contributed by atoms with Gasteiger partial charge in [-0.05, 0) is 43.6 Å². The fraction of sp³-hybridized carbons (Fsp3) is 0.385. The topological polar surface area (TPSA) is 50.8 Å². The summed E-state index contributed by atoms with van der Waals surface area (Å²) < 4.78 is 0. The van der Waals surface area contributed by atoms with Gasteiger partial charge in [-0.1, -0.05) is 12.1 Å². The number of nitrogens with zero attached hydrogens (tertiary/aromatic N) is 3. The second kappa shape index (κ2) is 4.79. The minimum Gasteiger partial charge on any atom is -0.284 e. The number of hydrogen-bond donors (Lipinski definition) is 0. The standard InChI is InChI=1S/C13H13N3/c14-9-11-3-5-12(6-4-11)13(10-15)16-7-1-2-8-16/h3-6,13H,1-2,7-8H2. The molecule has 80 valence electrons. The van der Waals surface area contributed by atoms with E-state index in [4.69, 9.17) is 5.26 Å². The monoisotopic (exact) mass is 211 g/mol. The van der Waals surface area contributed by atoms with Crippen LogP contribution < -0.4 is 0 Å². The molecule has 1 fully saturated rings. The molecule has 1 aromatic carbocycles. The molecule has 1 aliphatic heterocycles. The second-order valence-corrected chi connectivity index (χ2v) is 4.01. The number of rotatable bonds is 2. The molecule has 1 atom stereocenters. The van der Waals surface area contributed by atoms with Crippen LogP contribution in [0.25, 0.3) is 0 Å². The van der Waals surface area contributed by atoms with Crippen molar-refractivity contribution >= 4 is 0 Å². The number of likely N-dealkylation sites (tertiary alicyclic amines) is 1. The van der Waals surface area contributed by atoms with E-state index in [1.54, 1.807) is 12.1 Å². The van der Waals surface area contributed by atoms with Gasteiger partial charge in [-0.2, -0.15) is 10.5 Å². The van der Waals surface area contributed by atoms with Gasteiger partial charge in [0.2, 0.25) is 0 Å². The molecule has 1 aliphatic rings. The molecule has 1 saturated heterocycles. The van der Waals surface area contributed by atoms with E-state index in [0.29, 0.717) is 5.56 Å². The average molecular weight is 211 g/mol. The van der Waals surface area contributed by atoms with E-state index in [1.165, 1.54) is 12.8 Å². The first-order valence-electron chi connectivity index (χ1n) is 5.49. The van der Waals surface area contributed by atoms with Crippen molar-refractivity contribution < 1.29 is 0 Å². The summed E-state index contributed by atoms with van der Waals surface area (Å²) in [6.07, 6.45) is 2.35. The van der Waals surface area contributed by atoms with E-state index in [0.717, 1.165) is 18.7 Å². The Bertz CT molecular complexity index is 430. The third-order valence-corrected chi connectivity index (χ3v) is 2.98. The van der Waals surface area contributed by atoms with Gasteiger partial charge in [0.15, 0.2) is 0 Å². The smallest absolute Gasteiger partial charge is 0.123 e. The zero-order chi connectivity index (χ0) is 11.4. The third kappa shape index (κ3) is 2.05. The van der Waals surface area contributed by atoms with Gasteiger partial charge in [0.25, 0.3) is 0 Å². The Kier molecular flexibility index (Phi) is 3.19. The maximum Gasteiger partial charge on any atom is 0.123 e. The first-order chi connectivity index (χ1) is 7.85. The lowest BCUT2D eigenvalue weighted by Crippen LogP contribution is -2.24. The first kappa shape index (κ1) is 10.7. The predicted octanol–water partition coefficient (Wildman–Crippen LogP) is 2.22. The van der Waals surface area contributed by atoms with Gasteiger partial charge in [0.1, 0.15) is 6.04 Å². The molecule has 0 N–H and O–H groups in total. The Morgan fingerprint density at radius 3 is 2.19 bits per heavy atom. The summed E-state index contributed by atoms with van der Waals surface area (Å²) in [4.78, 5) is 2.20. The molecule has 16 heavy (non-hydrogen) atoms. The SMILES string of the molecule is N#Cc1ccc(C(C#N)N2CCCC2)cc1. The van der Waals surface area contributed by atoms with Crippen molar-refractivity contribution in [1.29, 1.82) is 10.5 Å². The summed E-state index contributed by atoms with van der Waals surface area (Å²) in [5.41, 5.74) is 1.63. The number of nitriles is 2. The van der Waals surface area contributed by atoms with Crippen LogP contribution in [-0.4, -0.2) is 18.0 Å². The molecular weight excluding hydrogens is 198 g/mol. The number of benzene rings is 1. The van der Waals surface area contributed by atoms with Gasteiger partial charge in [-0.3, -0.25) is 4.90 Å². The summed E-state index contributed by atoms with van der Waals surface area (Å²) in [7, 11) is 0. The van der Waals surface area contributed by atoms with E-state index in [2.05, 4.69) is 17.0 Å². The van der Waals surface area contributed by atoms with Crippen LogP contribution in [0.4, 0.5) is 0 Å². The molecule has 0 amide bonds. The first-order valence-corrected chi connectivity index (χ1v) is 5.49. The van der Waals surface area contributed by atoms with Crippen molar-refractivity contribution in [2.24, 2.45) is 0 Å². The Balaban J connectivity index is 2.20. The minimum absolute atomic E-state index is 0.157. The largest absolute Gasteiger partial charge is 0.284 e. The zero-order valence-electron chi connectivity index (χ0n) is 9.06. The Morgan fingerprint density at radius 2 is 1.69 bits per heavy atom. The molecule has 1 aromatic rings. The molecule has 3 nitrogen and oxygen atoms in total. The van der Waals surface area contributed by atoms with Crippen molar-refractivity contribution in [1.82, 2.24) is 4.90 Å². The lowest BCUT2D eigenvalue weighted by atomic mass is 10.1. The van der Waals surface area contributed by atoms with E-state index in [1.807, 2.05) is 12.1 Å². The van der Waals surface area contributed by atoms with Gasteiger partial charge in [-0.15, -0.1) is 0 Å². The van der Waals surface area contributed by atoms with Gasteiger partial charge in [0.05, 0.1) is 17.7 Å². The van der Waals surface area contributed by atoms with Crippen LogP contribution in [0.5, 0.6) is 0 Å². The minimum atomic E-state index is -0.157. The van der Waals surface area contributed by atoms with Crippen molar-refractivity contribution in [2.45, 2.75) is 18.9 Å². The lowest BCUT2D eigenvalue weighted by Gasteiger charge is -2.21. The highest BCUT2D eigenvalue weighted by atomic mass is 15.2. The molecule has 0 aliphatic carbocycles. The van der Waals surface area contributed by atoms with Crippen molar-refractivity contribution in [3.8, 4) is 12.1 Å². The van der Waals surface area contributed by atoms with Crippen molar-refractivity contribution in [2.75, 3.05) is 13.1 Å². The molecule has 0 spiro atoms. The molecule has 0 saturated carbocycles. The van der Waals surface area contributed by atoms with E-state index in [-0.39, 0.29) is 6.04 Å². The third-order valence-electron chi connectivity index (χ3n) is 2.98. The fourth-order valence-electron chi connectivity index (χ4n) is 2.11. The van der Waals surface area contributed by atoms with Crippen LogP contribution in [0.3, 0.4) is 0 Å². The van der Waals surface area contributed by atoms with Crippen LogP contribution in [0, 0.1) is 22.7 Å². The Labute approximate surface area is 95.5 Å². The normalized spacial score (nSPS) is 17.6. The molecule has 2 rings (SSSR count). The summed E-state index contributed by atoms with van der Waals surface area (Å²) >= 11 is 0. The fourth-order valence-corrected chi connectivity index (χ4v) is 2.11. The van der Waals surface area contributed by atoms with Crippen LogP contribution >= 0.6 is 0 Å². The van der Waals surface area contributed by atoms with Crippen LogP contribution in [-0.2, 0) is 0 Å². The zero-order valence-corrected chi connectivity index (χ0v) is 9.06.